The van der Waals surface area contributed by atoms with Crippen LogP contribution < -0.4 is 5.73 Å². The quantitative estimate of drug-likeness (QED) is 0.772. The van der Waals surface area contributed by atoms with Crippen LogP contribution in [0.3, 0.4) is 0 Å². The highest BCUT2D eigenvalue weighted by atomic mass is 19.1. The van der Waals surface area contributed by atoms with Gasteiger partial charge in [0, 0.05) is 18.0 Å². The number of aromatic nitrogens is 2. The first kappa shape index (κ1) is 10.2. The van der Waals surface area contributed by atoms with Crippen molar-refractivity contribution < 1.29 is 9.18 Å². The molecule has 5 heteroatoms. The fourth-order valence-electron chi connectivity index (χ4n) is 1.28. The molecule has 2 heterocycles. The topological polar surface area (TPSA) is 68.9 Å². The van der Waals surface area contributed by atoms with Crippen LogP contribution in [0.2, 0.25) is 0 Å². The summed E-state index contributed by atoms with van der Waals surface area (Å²) < 4.78 is 12.9. The van der Waals surface area contributed by atoms with Gasteiger partial charge in [-0.05, 0) is 18.2 Å². The number of nitrogens with two attached hydrogens (primary N) is 1. The molecule has 16 heavy (non-hydrogen) atoms. The molecule has 4 nitrogen and oxygen atoms in total. The van der Waals surface area contributed by atoms with Crippen LogP contribution in [0.5, 0.6) is 0 Å². The van der Waals surface area contributed by atoms with E-state index in [2.05, 4.69) is 9.97 Å². The Morgan fingerprint density at radius 3 is 2.81 bits per heavy atom. The number of carbonyl (C=O) groups excluding carboxylic acids is 1. The molecule has 80 valence electrons. The second-order valence-electron chi connectivity index (χ2n) is 3.17. The largest absolute Gasteiger partial charge is 0.366 e. The Bertz CT molecular complexity index is 542. The summed E-state index contributed by atoms with van der Waals surface area (Å²) in [5.41, 5.74) is 6.35. The first-order valence-electron chi connectivity index (χ1n) is 4.54. The van der Waals surface area contributed by atoms with Gasteiger partial charge in [-0.15, -0.1) is 0 Å². The van der Waals surface area contributed by atoms with Gasteiger partial charge in [0.2, 0.25) is 11.9 Å². The smallest absolute Gasteiger partial charge is 0.250 e. The molecular formula is C11H8FN3O. The van der Waals surface area contributed by atoms with E-state index in [1.54, 1.807) is 6.07 Å². The summed E-state index contributed by atoms with van der Waals surface area (Å²) in [5.74, 6) is -1.16. The number of halogens is 1. The van der Waals surface area contributed by atoms with Crippen molar-refractivity contribution >= 4 is 5.91 Å². The van der Waals surface area contributed by atoms with E-state index in [4.69, 9.17) is 5.73 Å². The van der Waals surface area contributed by atoms with Gasteiger partial charge in [-0.3, -0.25) is 9.78 Å². The van der Waals surface area contributed by atoms with Gasteiger partial charge in [0.25, 0.3) is 0 Å². The number of carbonyl (C=O) groups is 1. The Hall–Kier alpha value is -2.30. The van der Waals surface area contributed by atoms with Crippen LogP contribution in [-0.4, -0.2) is 15.9 Å². The summed E-state index contributed by atoms with van der Waals surface area (Å²) in [6.07, 6.45) is 2.85. The van der Waals surface area contributed by atoms with E-state index in [9.17, 15) is 9.18 Å². The highest BCUT2D eigenvalue weighted by Gasteiger charge is 2.05. The van der Waals surface area contributed by atoms with Crippen molar-refractivity contribution in [3.63, 3.8) is 0 Å². The van der Waals surface area contributed by atoms with Gasteiger partial charge in [0.1, 0.15) is 0 Å². The highest BCUT2D eigenvalue weighted by molar-refractivity contribution is 5.93. The van der Waals surface area contributed by atoms with Crippen molar-refractivity contribution in [2.45, 2.75) is 0 Å². The summed E-state index contributed by atoms with van der Waals surface area (Å²) in [6, 6.07) is 5.94. The highest BCUT2D eigenvalue weighted by Crippen LogP contribution is 2.16. The Morgan fingerprint density at radius 2 is 2.12 bits per heavy atom. The van der Waals surface area contributed by atoms with Crippen LogP contribution in [-0.2, 0) is 0 Å². The number of amides is 1. The minimum Gasteiger partial charge on any atom is -0.366 e. The van der Waals surface area contributed by atoms with Crippen LogP contribution in [0.1, 0.15) is 10.4 Å². The predicted molar refractivity (Wildman–Crippen MR) is 55.9 cm³/mol. The lowest BCUT2D eigenvalue weighted by Gasteiger charge is -2.01. The predicted octanol–water partition coefficient (Wildman–Crippen LogP) is 1.38. The van der Waals surface area contributed by atoms with Crippen molar-refractivity contribution in [1.82, 2.24) is 9.97 Å². The molecule has 0 saturated heterocycles. The maximum absolute atomic E-state index is 12.9. The first-order valence-corrected chi connectivity index (χ1v) is 4.54. The zero-order valence-corrected chi connectivity index (χ0v) is 8.22. The number of nitrogens with zero attached hydrogens (tertiary/aromatic N) is 2. The van der Waals surface area contributed by atoms with Gasteiger partial charge in [-0.2, -0.15) is 4.39 Å². The van der Waals surface area contributed by atoms with Crippen molar-refractivity contribution in [3.8, 4) is 11.3 Å². The fourth-order valence-corrected chi connectivity index (χ4v) is 1.28. The van der Waals surface area contributed by atoms with Crippen molar-refractivity contribution in [2.24, 2.45) is 5.73 Å². The zero-order chi connectivity index (χ0) is 11.5. The molecule has 0 saturated carbocycles. The average Bonchev–Trinajstić information content (AvgIpc) is 2.29. The van der Waals surface area contributed by atoms with Gasteiger partial charge in [-0.1, -0.05) is 6.07 Å². The van der Waals surface area contributed by atoms with Crippen LogP contribution in [0.25, 0.3) is 11.3 Å². The van der Waals surface area contributed by atoms with Gasteiger partial charge in [-0.25, -0.2) is 4.98 Å². The van der Waals surface area contributed by atoms with Crippen LogP contribution in [0, 0.1) is 5.95 Å². The third-order valence-corrected chi connectivity index (χ3v) is 2.03. The maximum atomic E-state index is 12.9. The van der Waals surface area contributed by atoms with E-state index in [0.29, 0.717) is 11.3 Å². The van der Waals surface area contributed by atoms with Crippen LogP contribution in [0.4, 0.5) is 4.39 Å². The van der Waals surface area contributed by atoms with E-state index in [1.807, 2.05) is 0 Å². The van der Waals surface area contributed by atoms with Crippen LogP contribution >= 0.6 is 0 Å². The SMILES string of the molecule is NC(=O)c1cncc(-c2cccc(F)n2)c1. The molecule has 2 aromatic heterocycles. The molecule has 0 spiro atoms. The Balaban J connectivity index is 2.48. The van der Waals surface area contributed by atoms with E-state index >= 15 is 0 Å². The molecule has 0 aliphatic rings. The molecule has 0 aromatic carbocycles. The number of rotatable bonds is 2. The summed E-state index contributed by atoms with van der Waals surface area (Å²) >= 11 is 0. The Labute approximate surface area is 91.0 Å². The molecule has 2 aromatic rings. The van der Waals surface area contributed by atoms with Gasteiger partial charge >= 0.3 is 0 Å². The second-order valence-corrected chi connectivity index (χ2v) is 3.17. The third kappa shape index (κ3) is 2.03. The third-order valence-electron chi connectivity index (χ3n) is 2.03. The molecule has 0 unspecified atom stereocenters. The molecule has 0 bridgehead atoms. The molecule has 0 aliphatic carbocycles. The number of hydrogen-bond donors (Lipinski definition) is 1. The number of primary amides is 1. The summed E-state index contributed by atoms with van der Waals surface area (Å²) in [5, 5.41) is 0. The van der Waals surface area contributed by atoms with Crippen LogP contribution in [0.15, 0.2) is 36.7 Å². The molecule has 0 radical (unpaired) electrons. The van der Waals surface area contributed by atoms with Gasteiger partial charge in [0.15, 0.2) is 0 Å². The molecule has 0 fully saturated rings. The Kier molecular flexibility index (Phi) is 2.59. The summed E-state index contributed by atoms with van der Waals surface area (Å²) in [4.78, 5) is 18.5. The summed E-state index contributed by atoms with van der Waals surface area (Å²) in [7, 11) is 0. The Morgan fingerprint density at radius 1 is 1.31 bits per heavy atom. The fraction of sp³-hybridized carbons (Fsp3) is 0. The standard InChI is InChI=1S/C11H8FN3O/c12-10-3-1-2-9(15-10)7-4-8(11(13)16)6-14-5-7/h1-6H,(H2,13,16). The minimum absolute atomic E-state index is 0.267. The molecular weight excluding hydrogens is 209 g/mol. The lowest BCUT2D eigenvalue weighted by Crippen LogP contribution is -2.11. The monoisotopic (exact) mass is 217 g/mol. The lowest BCUT2D eigenvalue weighted by atomic mass is 10.1. The lowest BCUT2D eigenvalue weighted by molar-refractivity contribution is 0.1000. The van der Waals surface area contributed by atoms with E-state index in [-0.39, 0.29) is 5.56 Å². The second kappa shape index (κ2) is 4.06. The normalized spacial score (nSPS) is 10.1. The van der Waals surface area contributed by atoms with Gasteiger partial charge in [0.05, 0.1) is 11.3 Å². The molecule has 0 atom stereocenters. The van der Waals surface area contributed by atoms with Crippen molar-refractivity contribution in [3.05, 3.63) is 48.2 Å². The van der Waals surface area contributed by atoms with Crippen molar-refractivity contribution in [2.75, 3.05) is 0 Å². The number of hydrogen-bond acceptors (Lipinski definition) is 3. The average molecular weight is 217 g/mol. The summed E-state index contributed by atoms with van der Waals surface area (Å²) in [6.45, 7) is 0. The number of pyridine rings is 2. The molecule has 2 rings (SSSR count). The van der Waals surface area contributed by atoms with E-state index in [1.165, 1.54) is 30.6 Å². The molecule has 1 amide bonds. The van der Waals surface area contributed by atoms with Gasteiger partial charge < -0.3 is 5.73 Å². The first-order chi connectivity index (χ1) is 7.66. The van der Waals surface area contributed by atoms with E-state index < -0.39 is 11.9 Å². The zero-order valence-electron chi connectivity index (χ0n) is 8.22. The maximum Gasteiger partial charge on any atom is 0.250 e. The van der Waals surface area contributed by atoms with Crippen molar-refractivity contribution in [1.29, 1.82) is 0 Å². The van der Waals surface area contributed by atoms with E-state index in [0.717, 1.165) is 0 Å². The molecule has 0 aliphatic heterocycles. The minimum atomic E-state index is -0.582. The molecule has 2 N–H and O–H groups in total.